The summed E-state index contributed by atoms with van der Waals surface area (Å²) < 4.78 is 5.83. The normalized spacial score (nSPS) is 42.1. The first kappa shape index (κ1) is 12.4. The maximum absolute atomic E-state index is 11.1. The number of morpholine rings is 1. The van der Waals surface area contributed by atoms with E-state index in [-0.39, 0.29) is 0 Å². The lowest BCUT2D eigenvalue weighted by molar-refractivity contribution is -0.161. The number of carboxylic acid groups (broad SMARTS) is 1. The molecule has 1 aliphatic carbocycles. The Morgan fingerprint density at radius 3 is 2.72 bits per heavy atom. The molecule has 3 rings (SSSR count). The monoisotopic (exact) mass is 254 g/mol. The van der Waals surface area contributed by atoms with Gasteiger partial charge in [-0.15, -0.1) is 0 Å². The second kappa shape index (κ2) is 4.47. The van der Waals surface area contributed by atoms with Crippen molar-refractivity contribution in [3.8, 4) is 0 Å². The Bertz CT molecular complexity index is 337. The Morgan fingerprint density at radius 1 is 1.44 bits per heavy atom. The largest absolute Gasteiger partial charge is 0.481 e. The summed E-state index contributed by atoms with van der Waals surface area (Å²) in [6.07, 6.45) is 1.92. The molecule has 2 aliphatic heterocycles. The number of ether oxygens (including phenoxy) is 1. The number of nitrogens with one attached hydrogen (secondary N) is 1. The van der Waals surface area contributed by atoms with Crippen molar-refractivity contribution in [2.24, 2.45) is 11.3 Å². The van der Waals surface area contributed by atoms with Crippen LogP contribution in [0.3, 0.4) is 0 Å². The second-order valence-corrected chi connectivity index (χ2v) is 6.25. The van der Waals surface area contributed by atoms with Crippen LogP contribution in [0.2, 0.25) is 0 Å². The smallest absolute Gasteiger partial charge is 0.309 e. The highest BCUT2D eigenvalue weighted by Crippen LogP contribution is 2.44. The minimum absolute atomic E-state index is 0.344. The minimum atomic E-state index is -0.647. The highest BCUT2D eigenvalue weighted by molar-refractivity contribution is 5.75. The molecule has 0 aromatic heterocycles. The van der Waals surface area contributed by atoms with Gasteiger partial charge in [-0.25, -0.2) is 0 Å². The molecule has 3 fully saturated rings. The number of nitrogens with zero attached hydrogens (tertiary/aromatic N) is 1. The standard InChI is InChI=1S/C13H22N2O3/c1-13(12(16)17)4-10(5-13)15-2-3-18-11(8-15)9-6-14-7-9/h9-11,14H,2-8H2,1H3,(H,16,17). The molecule has 5 heteroatoms. The van der Waals surface area contributed by atoms with Gasteiger partial charge in [0.05, 0.1) is 18.1 Å². The van der Waals surface area contributed by atoms with Gasteiger partial charge >= 0.3 is 5.97 Å². The van der Waals surface area contributed by atoms with Gasteiger partial charge in [-0.3, -0.25) is 9.69 Å². The molecule has 1 unspecified atom stereocenters. The molecule has 0 amide bonds. The first-order valence-electron chi connectivity index (χ1n) is 6.88. The highest BCUT2D eigenvalue weighted by atomic mass is 16.5. The van der Waals surface area contributed by atoms with Gasteiger partial charge < -0.3 is 15.2 Å². The fourth-order valence-corrected chi connectivity index (χ4v) is 3.30. The van der Waals surface area contributed by atoms with Crippen molar-refractivity contribution in [1.29, 1.82) is 0 Å². The average Bonchev–Trinajstić information content (AvgIpc) is 2.22. The van der Waals surface area contributed by atoms with Crippen LogP contribution in [0.25, 0.3) is 0 Å². The zero-order valence-electron chi connectivity index (χ0n) is 10.9. The van der Waals surface area contributed by atoms with E-state index in [2.05, 4.69) is 10.2 Å². The molecule has 0 aromatic rings. The lowest BCUT2D eigenvalue weighted by atomic mass is 9.66. The number of carboxylic acids is 1. The average molecular weight is 254 g/mol. The first-order chi connectivity index (χ1) is 8.58. The zero-order valence-corrected chi connectivity index (χ0v) is 10.9. The van der Waals surface area contributed by atoms with Gasteiger partial charge in [-0.1, -0.05) is 0 Å². The Kier molecular flexibility index (Phi) is 3.08. The van der Waals surface area contributed by atoms with E-state index in [0.29, 0.717) is 18.1 Å². The van der Waals surface area contributed by atoms with Crippen LogP contribution in [0.4, 0.5) is 0 Å². The molecule has 1 saturated carbocycles. The Labute approximate surface area is 107 Å². The number of rotatable bonds is 3. The van der Waals surface area contributed by atoms with Gasteiger partial charge in [-0.05, 0) is 19.8 Å². The van der Waals surface area contributed by atoms with Crippen molar-refractivity contribution < 1.29 is 14.6 Å². The van der Waals surface area contributed by atoms with Crippen LogP contribution < -0.4 is 5.32 Å². The molecule has 0 spiro atoms. The van der Waals surface area contributed by atoms with E-state index in [1.165, 1.54) is 0 Å². The third-order valence-electron chi connectivity index (χ3n) is 4.87. The van der Waals surface area contributed by atoms with Crippen LogP contribution in [0, 0.1) is 11.3 Å². The van der Waals surface area contributed by atoms with Gasteiger partial charge in [0.2, 0.25) is 0 Å². The van der Waals surface area contributed by atoms with E-state index in [9.17, 15) is 4.79 Å². The number of hydrogen-bond donors (Lipinski definition) is 2. The third kappa shape index (κ3) is 2.04. The van der Waals surface area contributed by atoms with Crippen LogP contribution >= 0.6 is 0 Å². The molecule has 5 nitrogen and oxygen atoms in total. The Morgan fingerprint density at radius 2 is 2.17 bits per heavy atom. The fraction of sp³-hybridized carbons (Fsp3) is 0.923. The molecule has 0 bridgehead atoms. The van der Waals surface area contributed by atoms with Gasteiger partial charge in [0.1, 0.15) is 0 Å². The highest BCUT2D eigenvalue weighted by Gasteiger charge is 2.49. The van der Waals surface area contributed by atoms with E-state index in [0.717, 1.165) is 45.6 Å². The Hall–Kier alpha value is -0.650. The van der Waals surface area contributed by atoms with Gasteiger partial charge in [0.15, 0.2) is 0 Å². The molecule has 2 heterocycles. The van der Waals surface area contributed by atoms with Crippen LogP contribution in [0.15, 0.2) is 0 Å². The quantitative estimate of drug-likeness (QED) is 0.751. The van der Waals surface area contributed by atoms with E-state index < -0.39 is 11.4 Å². The Balaban J connectivity index is 1.53. The summed E-state index contributed by atoms with van der Waals surface area (Å²) in [6.45, 7) is 6.72. The summed E-state index contributed by atoms with van der Waals surface area (Å²) in [6, 6.07) is 0.450. The van der Waals surface area contributed by atoms with Crippen LogP contribution in [0.5, 0.6) is 0 Å². The SMILES string of the molecule is CC1(C(=O)O)CC(N2CCOC(C3CNC3)C2)C1. The topological polar surface area (TPSA) is 61.8 Å². The lowest BCUT2D eigenvalue weighted by Crippen LogP contribution is -2.61. The van der Waals surface area contributed by atoms with Crippen LogP contribution in [-0.4, -0.2) is 60.9 Å². The molecule has 102 valence electrons. The van der Waals surface area contributed by atoms with Crippen molar-refractivity contribution in [3.05, 3.63) is 0 Å². The summed E-state index contributed by atoms with van der Waals surface area (Å²) in [4.78, 5) is 13.5. The van der Waals surface area contributed by atoms with Crippen LogP contribution in [-0.2, 0) is 9.53 Å². The van der Waals surface area contributed by atoms with Gasteiger partial charge in [-0.2, -0.15) is 0 Å². The maximum Gasteiger partial charge on any atom is 0.309 e. The van der Waals surface area contributed by atoms with Crippen molar-refractivity contribution in [2.45, 2.75) is 31.9 Å². The molecular formula is C13H22N2O3. The van der Waals surface area contributed by atoms with Gasteiger partial charge in [0, 0.05) is 38.1 Å². The zero-order chi connectivity index (χ0) is 12.8. The number of carbonyl (C=O) groups is 1. The van der Waals surface area contributed by atoms with Crippen molar-refractivity contribution in [1.82, 2.24) is 10.2 Å². The van der Waals surface area contributed by atoms with E-state index in [1.54, 1.807) is 0 Å². The van der Waals surface area contributed by atoms with Crippen molar-refractivity contribution in [2.75, 3.05) is 32.8 Å². The van der Waals surface area contributed by atoms with E-state index >= 15 is 0 Å². The molecule has 2 saturated heterocycles. The fourth-order valence-electron chi connectivity index (χ4n) is 3.30. The summed E-state index contributed by atoms with van der Waals surface area (Å²) in [5.74, 6) is 0.00508. The minimum Gasteiger partial charge on any atom is -0.481 e. The number of hydrogen-bond acceptors (Lipinski definition) is 4. The predicted molar refractivity (Wildman–Crippen MR) is 66.4 cm³/mol. The predicted octanol–water partition coefficient (Wildman–Crippen LogP) is 0.160. The first-order valence-corrected chi connectivity index (χ1v) is 6.88. The van der Waals surface area contributed by atoms with E-state index in [4.69, 9.17) is 9.84 Å². The molecule has 0 radical (unpaired) electrons. The molecule has 3 aliphatic rings. The summed E-state index contributed by atoms with van der Waals surface area (Å²) in [5.41, 5.74) is -0.490. The third-order valence-corrected chi connectivity index (χ3v) is 4.87. The lowest BCUT2D eigenvalue weighted by Gasteiger charge is -2.51. The van der Waals surface area contributed by atoms with Crippen LogP contribution in [0.1, 0.15) is 19.8 Å². The molecule has 18 heavy (non-hydrogen) atoms. The van der Waals surface area contributed by atoms with E-state index in [1.807, 2.05) is 6.92 Å². The molecule has 0 aromatic carbocycles. The molecule has 2 N–H and O–H groups in total. The van der Waals surface area contributed by atoms with Gasteiger partial charge in [0.25, 0.3) is 0 Å². The summed E-state index contributed by atoms with van der Waals surface area (Å²) in [7, 11) is 0. The summed E-state index contributed by atoms with van der Waals surface area (Å²) >= 11 is 0. The second-order valence-electron chi connectivity index (χ2n) is 6.25. The number of aliphatic carboxylic acids is 1. The molecular weight excluding hydrogens is 232 g/mol. The summed E-state index contributed by atoms with van der Waals surface area (Å²) in [5, 5.41) is 12.4. The van der Waals surface area contributed by atoms with Crippen molar-refractivity contribution in [3.63, 3.8) is 0 Å². The van der Waals surface area contributed by atoms with Crippen molar-refractivity contribution >= 4 is 5.97 Å². The molecule has 1 atom stereocenters. The maximum atomic E-state index is 11.1.